The van der Waals surface area contributed by atoms with Crippen LogP contribution in [-0.2, 0) is 14.3 Å². The quantitative estimate of drug-likeness (QED) is 0.780. The fourth-order valence-corrected chi connectivity index (χ4v) is 3.50. The van der Waals surface area contributed by atoms with Crippen molar-refractivity contribution in [3.63, 3.8) is 0 Å². The van der Waals surface area contributed by atoms with Crippen LogP contribution in [0.3, 0.4) is 0 Å². The number of methoxy groups -OCH3 is 1. The molecule has 1 aromatic rings. The van der Waals surface area contributed by atoms with E-state index in [1.165, 1.54) is 7.11 Å². The number of nitrogens with one attached hydrogen (secondary N) is 1. The van der Waals surface area contributed by atoms with E-state index in [1.807, 2.05) is 31.2 Å². The van der Waals surface area contributed by atoms with Gasteiger partial charge in [0.25, 0.3) is 0 Å². The van der Waals surface area contributed by atoms with Crippen molar-refractivity contribution in [2.24, 2.45) is 11.0 Å². The molecule has 2 aliphatic heterocycles. The fourth-order valence-electron chi connectivity index (χ4n) is 3.50. The maximum absolute atomic E-state index is 11.8. The van der Waals surface area contributed by atoms with Crippen molar-refractivity contribution in [1.29, 1.82) is 0 Å². The van der Waals surface area contributed by atoms with Crippen LogP contribution in [0.2, 0.25) is 0 Å². The second kappa shape index (κ2) is 8.31. The van der Waals surface area contributed by atoms with Crippen molar-refractivity contribution >= 4 is 17.6 Å². The second-order valence-corrected chi connectivity index (χ2v) is 6.73. The normalized spacial score (nSPS) is 23.3. The highest BCUT2D eigenvalue weighted by Gasteiger charge is 2.31. The summed E-state index contributed by atoms with van der Waals surface area (Å²) in [5.74, 6) is 0.659. The molecule has 0 radical (unpaired) electrons. The van der Waals surface area contributed by atoms with Gasteiger partial charge in [0, 0.05) is 18.9 Å². The maximum Gasteiger partial charge on any atom is 0.323 e. The minimum Gasteiger partial charge on any atom is -0.492 e. The number of amides is 1. The molecule has 2 aliphatic rings. The van der Waals surface area contributed by atoms with Crippen LogP contribution in [0, 0.1) is 5.92 Å². The first-order valence-corrected chi connectivity index (χ1v) is 9.00. The summed E-state index contributed by atoms with van der Waals surface area (Å²) in [5.41, 5.74) is 4.40. The van der Waals surface area contributed by atoms with E-state index in [0.717, 1.165) is 36.4 Å². The summed E-state index contributed by atoms with van der Waals surface area (Å²) < 4.78 is 10.7. The molecule has 1 aromatic carbocycles. The van der Waals surface area contributed by atoms with Gasteiger partial charge < -0.3 is 9.47 Å². The SMILES string of the molecule is COC(=O)C1CCCN1CCOc1ccc(C2=NNC(=O)CC2C)cc1. The summed E-state index contributed by atoms with van der Waals surface area (Å²) in [4.78, 5) is 25.2. The molecule has 140 valence electrons. The van der Waals surface area contributed by atoms with Crippen LogP contribution in [0.1, 0.15) is 31.7 Å². The smallest absolute Gasteiger partial charge is 0.323 e. The molecule has 7 nitrogen and oxygen atoms in total. The number of carbonyl (C=O) groups is 2. The number of hydrazone groups is 1. The Labute approximate surface area is 153 Å². The molecule has 1 fully saturated rings. The van der Waals surface area contributed by atoms with Crippen molar-refractivity contribution < 1.29 is 19.1 Å². The summed E-state index contributed by atoms with van der Waals surface area (Å²) in [5, 5.41) is 4.16. The minimum absolute atomic E-state index is 0.0478. The monoisotopic (exact) mass is 359 g/mol. The minimum atomic E-state index is -0.165. The number of nitrogens with zero attached hydrogens (tertiary/aromatic N) is 2. The van der Waals surface area contributed by atoms with Crippen LogP contribution >= 0.6 is 0 Å². The van der Waals surface area contributed by atoms with Gasteiger partial charge in [-0.1, -0.05) is 6.92 Å². The first-order chi connectivity index (χ1) is 12.6. The molecule has 26 heavy (non-hydrogen) atoms. The summed E-state index contributed by atoms with van der Waals surface area (Å²) in [6.07, 6.45) is 2.30. The van der Waals surface area contributed by atoms with Crippen molar-refractivity contribution in [3.05, 3.63) is 29.8 Å². The number of likely N-dealkylation sites (tertiary alicyclic amines) is 1. The van der Waals surface area contributed by atoms with E-state index in [0.29, 0.717) is 19.6 Å². The number of ether oxygens (including phenoxy) is 2. The Morgan fingerprint density at radius 3 is 2.81 bits per heavy atom. The highest BCUT2D eigenvalue weighted by Crippen LogP contribution is 2.20. The van der Waals surface area contributed by atoms with Gasteiger partial charge in [-0.05, 0) is 49.2 Å². The van der Waals surface area contributed by atoms with Gasteiger partial charge in [-0.2, -0.15) is 5.10 Å². The Morgan fingerprint density at radius 1 is 1.35 bits per heavy atom. The summed E-state index contributed by atoms with van der Waals surface area (Å²) in [7, 11) is 1.43. The fraction of sp³-hybridized carbons (Fsp3) is 0.526. The lowest BCUT2D eigenvalue weighted by Gasteiger charge is -2.22. The standard InChI is InChI=1S/C19H25N3O4/c1-13-12-17(23)20-21-18(13)14-5-7-15(8-6-14)26-11-10-22-9-3-4-16(22)19(24)25-2/h5-8,13,16H,3-4,9-12H2,1-2H3,(H,20,23). The van der Waals surface area contributed by atoms with E-state index in [1.54, 1.807) is 0 Å². The summed E-state index contributed by atoms with van der Waals surface area (Å²) in [6, 6.07) is 7.57. The molecule has 0 spiro atoms. The number of hydrogen-bond donors (Lipinski definition) is 1. The van der Waals surface area contributed by atoms with Crippen molar-refractivity contribution in [3.8, 4) is 5.75 Å². The van der Waals surface area contributed by atoms with E-state index < -0.39 is 0 Å². The lowest BCUT2D eigenvalue weighted by molar-refractivity contribution is -0.145. The molecular weight excluding hydrogens is 334 g/mol. The highest BCUT2D eigenvalue weighted by molar-refractivity contribution is 6.05. The lowest BCUT2D eigenvalue weighted by atomic mass is 9.94. The van der Waals surface area contributed by atoms with Gasteiger partial charge in [0.05, 0.1) is 12.8 Å². The molecule has 0 bridgehead atoms. The molecule has 0 saturated carbocycles. The number of carbonyl (C=O) groups excluding carboxylic acids is 2. The first kappa shape index (κ1) is 18.4. The van der Waals surface area contributed by atoms with Crippen molar-refractivity contribution in [1.82, 2.24) is 10.3 Å². The molecule has 1 saturated heterocycles. The van der Waals surface area contributed by atoms with E-state index in [-0.39, 0.29) is 23.8 Å². The summed E-state index contributed by atoms with van der Waals surface area (Å²) in [6.45, 7) is 4.10. The lowest BCUT2D eigenvalue weighted by Crippen LogP contribution is -2.39. The van der Waals surface area contributed by atoms with Gasteiger partial charge in [0.1, 0.15) is 18.4 Å². The maximum atomic E-state index is 11.8. The van der Waals surface area contributed by atoms with Gasteiger partial charge >= 0.3 is 5.97 Å². The third-order valence-corrected chi connectivity index (χ3v) is 4.89. The average molecular weight is 359 g/mol. The van der Waals surface area contributed by atoms with E-state index in [4.69, 9.17) is 9.47 Å². The van der Waals surface area contributed by atoms with Crippen molar-refractivity contribution in [2.75, 3.05) is 26.8 Å². The van der Waals surface area contributed by atoms with Gasteiger partial charge in [0.2, 0.25) is 5.91 Å². The van der Waals surface area contributed by atoms with E-state index >= 15 is 0 Å². The number of esters is 1. The number of rotatable bonds is 6. The zero-order valence-corrected chi connectivity index (χ0v) is 15.2. The molecule has 3 rings (SSSR count). The number of benzene rings is 1. The zero-order valence-electron chi connectivity index (χ0n) is 15.2. The highest BCUT2D eigenvalue weighted by atomic mass is 16.5. The average Bonchev–Trinajstić information content (AvgIpc) is 3.10. The molecule has 1 N–H and O–H groups in total. The Morgan fingerprint density at radius 2 is 2.12 bits per heavy atom. The topological polar surface area (TPSA) is 80.2 Å². The van der Waals surface area contributed by atoms with Gasteiger partial charge in [-0.15, -0.1) is 0 Å². The third-order valence-electron chi connectivity index (χ3n) is 4.89. The molecular formula is C19H25N3O4. The van der Waals surface area contributed by atoms with Crippen LogP contribution in [0.5, 0.6) is 5.75 Å². The van der Waals surface area contributed by atoms with Gasteiger partial charge in [-0.3, -0.25) is 14.5 Å². The van der Waals surface area contributed by atoms with Gasteiger partial charge in [-0.25, -0.2) is 5.43 Å². The summed E-state index contributed by atoms with van der Waals surface area (Å²) >= 11 is 0. The molecule has 1 amide bonds. The second-order valence-electron chi connectivity index (χ2n) is 6.73. The largest absolute Gasteiger partial charge is 0.492 e. The molecule has 2 unspecified atom stereocenters. The predicted octanol–water partition coefficient (Wildman–Crippen LogP) is 1.56. The van der Waals surface area contributed by atoms with E-state index in [2.05, 4.69) is 15.4 Å². The molecule has 0 aromatic heterocycles. The third kappa shape index (κ3) is 4.22. The molecule has 2 atom stereocenters. The Hall–Kier alpha value is -2.41. The zero-order chi connectivity index (χ0) is 18.5. The van der Waals surface area contributed by atoms with Crippen LogP contribution in [0.15, 0.2) is 29.4 Å². The van der Waals surface area contributed by atoms with Gasteiger partial charge in [0.15, 0.2) is 0 Å². The first-order valence-electron chi connectivity index (χ1n) is 9.00. The molecule has 7 heteroatoms. The van der Waals surface area contributed by atoms with Crippen LogP contribution in [0.4, 0.5) is 0 Å². The Balaban J connectivity index is 1.52. The van der Waals surface area contributed by atoms with Crippen LogP contribution < -0.4 is 10.2 Å². The van der Waals surface area contributed by atoms with Crippen molar-refractivity contribution in [2.45, 2.75) is 32.2 Å². The molecule has 0 aliphatic carbocycles. The number of hydrogen-bond acceptors (Lipinski definition) is 6. The van der Waals surface area contributed by atoms with E-state index in [9.17, 15) is 9.59 Å². The Bertz CT molecular complexity index is 687. The molecule has 2 heterocycles. The predicted molar refractivity (Wildman–Crippen MR) is 97.0 cm³/mol. The Kier molecular flexibility index (Phi) is 5.88. The van der Waals surface area contributed by atoms with Crippen LogP contribution in [-0.4, -0.2) is 55.3 Å². The van der Waals surface area contributed by atoms with Crippen LogP contribution in [0.25, 0.3) is 0 Å².